The Bertz CT molecular complexity index is 970. The van der Waals surface area contributed by atoms with Crippen molar-refractivity contribution in [1.29, 1.82) is 0 Å². The number of amides is 2. The predicted molar refractivity (Wildman–Crippen MR) is 108 cm³/mol. The van der Waals surface area contributed by atoms with Crippen LogP contribution in [0.2, 0.25) is 0 Å². The van der Waals surface area contributed by atoms with Gasteiger partial charge in [0.25, 0.3) is 11.8 Å². The molecular formula is C23H22N2O3. The smallest absolute Gasteiger partial charge is 0.255 e. The summed E-state index contributed by atoms with van der Waals surface area (Å²) >= 11 is 0. The van der Waals surface area contributed by atoms with Gasteiger partial charge in [0.05, 0.1) is 5.92 Å². The topological polar surface area (TPSA) is 69.6 Å². The van der Waals surface area contributed by atoms with Crippen molar-refractivity contribution < 1.29 is 14.8 Å². The number of carbonyl (C=O) groups excluding carboxylic acids is 2. The summed E-state index contributed by atoms with van der Waals surface area (Å²) in [6.45, 7) is 0. The van der Waals surface area contributed by atoms with Crippen LogP contribution in [0, 0.1) is 0 Å². The Morgan fingerprint density at radius 3 is 2.04 bits per heavy atom. The first kappa shape index (κ1) is 19.3. The summed E-state index contributed by atoms with van der Waals surface area (Å²) in [7, 11) is 3.34. The normalized spacial score (nSPS) is 11.5. The molecule has 3 aromatic carbocycles. The molecule has 5 heteroatoms. The second-order valence-electron chi connectivity index (χ2n) is 6.69. The number of hydrogen-bond donors (Lipinski definition) is 2. The molecule has 1 unspecified atom stereocenters. The van der Waals surface area contributed by atoms with E-state index in [-0.39, 0.29) is 5.91 Å². The molecular weight excluding hydrogens is 352 g/mol. The van der Waals surface area contributed by atoms with Crippen molar-refractivity contribution in [2.45, 2.75) is 5.92 Å². The second-order valence-corrected chi connectivity index (χ2v) is 6.69. The number of nitrogens with zero attached hydrogens (tertiary/aromatic N) is 1. The van der Waals surface area contributed by atoms with Gasteiger partial charge in [0.1, 0.15) is 0 Å². The van der Waals surface area contributed by atoms with Crippen LogP contribution in [0.5, 0.6) is 0 Å². The SMILES string of the molecule is CN(C)C(=O)c1ccc(-c2ccccc2)cc1C(C(=O)NO)c1ccccc1. The van der Waals surface area contributed by atoms with Crippen molar-refractivity contribution in [2.24, 2.45) is 0 Å². The highest BCUT2D eigenvalue weighted by Gasteiger charge is 2.28. The van der Waals surface area contributed by atoms with Crippen LogP contribution < -0.4 is 5.48 Å². The van der Waals surface area contributed by atoms with Crippen LogP contribution in [0.15, 0.2) is 78.9 Å². The summed E-state index contributed by atoms with van der Waals surface area (Å²) in [5.41, 5.74) is 5.26. The number of rotatable bonds is 5. The summed E-state index contributed by atoms with van der Waals surface area (Å²) < 4.78 is 0. The van der Waals surface area contributed by atoms with Crippen molar-refractivity contribution >= 4 is 11.8 Å². The maximum Gasteiger partial charge on any atom is 0.255 e. The highest BCUT2D eigenvalue weighted by atomic mass is 16.5. The van der Waals surface area contributed by atoms with Crippen molar-refractivity contribution in [3.63, 3.8) is 0 Å². The molecule has 2 N–H and O–H groups in total. The highest BCUT2D eigenvalue weighted by molar-refractivity contribution is 5.99. The zero-order valence-corrected chi connectivity index (χ0v) is 15.8. The first-order chi connectivity index (χ1) is 13.5. The largest absolute Gasteiger partial charge is 0.345 e. The van der Waals surface area contributed by atoms with E-state index in [0.717, 1.165) is 11.1 Å². The fourth-order valence-corrected chi connectivity index (χ4v) is 3.23. The van der Waals surface area contributed by atoms with E-state index in [4.69, 9.17) is 0 Å². The lowest BCUT2D eigenvalue weighted by atomic mass is 9.85. The Hall–Kier alpha value is -3.44. The van der Waals surface area contributed by atoms with E-state index >= 15 is 0 Å². The lowest BCUT2D eigenvalue weighted by molar-refractivity contribution is -0.129. The molecule has 0 aromatic heterocycles. The molecule has 28 heavy (non-hydrogen) atoms. The van der Waals surface area contributed by atoms with Crippen molar-refractivity contribution in [3.05, 3.63) is 95.6 Å². The zero-order chi connectivity index (χ0) is 20.1. The fourth-order valence-electron chi connectivity index (χ4n) is 3.23. The van der Waals surface area contributed by atoms with Crippen molar-refractivity contribution in [2.75, 3.05) is 14.1 Å². The van der Waals surface area contributed by atoms with E-state index < -0.39 is 11.8 Å². The summed E-state index contributed by atoms with van der Waals surface area (Å²) in [5.74, 6) is -1.63. The first-order valence-electron chi connectivity index (χ1n) is 8.93. The molecule has 0 saturated heterocycles. The van der Waals surface area contributed by atoms with Crippen LogP contribution >= 0.6 is 0 Å². The molecule has 0 aliphatic heterocycles. The molecule has 0 bridgehead atoms. The fraction of sp³-hybridized carbons (Fsp3) is 0.130. The van der Waals surface area contributed by atoms with Crippen LogP contribution in [-0.2, 0) is 4.79 Å². The third-order valence-electron chi connectivity index (χ3n) is 4.61. The average Bonchev–Trinajstić information content (AvgIpc) is 2.74. The minimum absolute atomic E-state index is 0.207. The summed E-state index contributed by atoms with van der Waals surface area (Å²) in [6.07, 6.45) is 0. The quantitative estimate of drug-likeness (QED) is 0.529. The van der Waals surface area contributed by atoms with E-state index in [1.807, 2.05) is 60.7 Å². The third kappa shape index (κ3) is 3.94. The van der Waals surface area contributed by atoms with E-state index in [1.165, 1.54) is 4.90 Å². The maximum absolute atomic E-state index is 12.8. The minimum Gasteiger partial charge on any atom is -0.345 e. The summed E-state index contributed by atoms with van der Waals surface area (Å²) in [4.78, 5) is 26.9. The number of hydrogen-bond acceptors (Lipinski definition) is 3. The van der Waals surface area contributed by atoms with Gasteiger partial charge in [0.2, 0.25) is 0 Å². The van der Waals surface area contributed by atoms with E-state index in [1.54, 1.807) is 37.8 Å². The second kappa shape index (κ2) is 8.50. The van der Waals surface area contributed by atoms with Gasteiger partial charge in [-0.2, -0.15) is 0 Å². The molecule has 0 aliphatic carbocycles. The van der Waals surface area contributed by atoms with Gasteiger partial charge in [-0.1, -0.05) is 66.7 Å². The minimum atomic E-state index is -0.825. The highest BCUT2D eigenvalue weighted by Crippen LogP contribution is 2.32. The van der Waals surface area contributed by atoms with Gasteiger partial charge in [0, 0.05) is 19.7 Å². The van der Waals surface area contributed by atoms with Crippen LogP contribution in [0.25, 0.3) is 11.1 Å². The molecule has 1 atom stereocenters. The lowest BCUT2D eigenvalue weighted by Crippen LogP contribution is -2.30. The maximum atomic E-state index is 12.8. The molecule has 142 valence electrons. The van der Waals surface area contributed by atoms with Gasteiger partial charge >= 0.3 is 0 Å². The molecule has 0 aliphatic rings. The van der Waals surface area contributed by atoms with Crippen LogP contribution in [0.1, 0.15) is 27.4 Å². The molecule has 3 rings (SSSR count). The molecule has 2 amide bonds. The summed E-state index contributed by atoms with van der Waals surface area (Å²) in [6, 6.07) is 24.3. The van der Waals surface area contributed by atoms with Crippen molar-refractivity contribution in [1.82, 2.24) is 10.4 Å². The summed E-state index contributed by atoms with van der Waals surface area (Å²) in [5, 5.41) is 9.36. The van der Waals surface area contributed by atoms with Gasteiger partial charge in [-0.25, -0.2) is 5.48 Å². The average molecular weight is 374 g/mol. The zero-order valence-electron chi connectivity index (χ0n) is 15.8. The molecule has 5 nitrogen and oxygen atoms in total. The molecule has 0 saturated carbocycles. The Morgan fingerprint density at radius 2 is 1.46 bits per heavy atom. The van der Waals surface area contributed by atoms with Gasteiger partial charge < -0.3 is 4.90 Å². The van der Waals surface area contributed by atoms with Gasteiger partial charge in [-0.05, 0) is 34.4 Å². The van der Waals surface area contributed by atoms with Crippen LogP contribution in [-0.4, -0.2) is 36.0 Å². The molecule has 0 spiro atoms. The lowest BCUT2D eigenvalue weighted by Gasteiger charge is -2.22. The molecule has 0 radical (unpaired) electrons. The first-order valence-corrected chi connectivity index (χ1v) is 8.93. The molecule has 0 heterocycles. The standard InChI is InChI=1S/C23H22N2O3/c1-25(2)23(27)19-14-13-18(16-9-5-3-6-10-16)15-20(19)21(22(26)24-28)17-11-7-4-8-12-17/h3-15,21,28H,1-2H3,(H,24,26). The monoisotopic (exact) mass is 374 g/mol. The van der Waals surface area contributed by atoms with E-state index in [9.17, 15) is 14.8 Å². The number of hydroxylamine groups is 1. The molecule has 3 aromatic rings. The van der Waals surface area contributed by atoms with Gasteiger partial charge in [0.15, 0.2) is 0 Å². The number of benzene rings is 3. The van der Waals surface area contributed by atoms with E-state index in [0.29, 0.717) is 16.7 Å². The van der Waals surface area contributed by atoms with Crippen molar-refractivity contribution in [3.8, 4) is 11.1 Å². The van der Waals surface area contributed by atoms with Crippen LogP contribution in [0.4, 0.5) is 0 Å². The third-order valence-corrected chi connectivity index (χ3v) is 4.61. The Labute approximate surface area is 164 Å². The number of carbonyl (C=O) groups is 2. The Balaban J connectivity index is 2.24. The van der Waals surface area contributed by atoms with Gasteiger partial charge in [-0.15, -0.1) is 0 Å². The Kier molecular flexibility index (Phi) is 5.87. The van der Waals surface area contributed by atoms with Gasteiger partial charge in [-0.3, -0.25) is 14.8 Å². The van der Waals surface area contributed by atoms with E-state index in [2.05, 4.69) is 0 Å². The number of nitrogens with one attached hydrogen (secondary N) is 1. The van der Waals surface area contributed by atoms with Crippen LogP contribution in [0.3, 0.4) is 0 Å². The molecule has 0 fully saturated rings. The Morgan fingerprint density at radius 1 is 0.857 bits per heavy atom. The predicted octanol–water partition coefficient (Wildman–Crippen LogP) is 3.69.